The van der Waals surface area contributed by atoms with Crippen LogP contribution in [0.15, 0.2) is 33.9 Å². The summed E-state index contributed by atoms with van der Waals surface area (Å²) >= 11 is 7.20. The molecule has 1 amide bonds. The molecule has 0 atom stereocenters. The summed E-state index contributed by atoms with van der Waals surface area (Å²) in [6.45, 7) is 8.03. The van der Waals surface area contributed by atoms with E-state index in [1.165, 1.54) is 11.8 Å². The number of carbonyl (C=O) groups excluding carboxylic acids is 1. The molecule has 1 heterocycles. The van der Waals surface area contributed by atoms with E-state index in [1.807, 2.05) is 44.7 Å². The minimum atomic E-state index is 0.0579. The molecule has 2 aromatic rings. The van der Waals surface area contributed by atoms with Gasteiger partial charge in [0.1, 0.15) is 0 Å². The predicted molar refractivity (Wildman–Crippen MR) is 92.6 cm³/mol. The van der Waals surface area contributed by atoms with Crippen molar-refractivity contribution in [3.8, 4) is 11.5 Å². The number of thioether (sulfide) groups is 1. The Balaban J connectivity index is 2.01. The smallest absolute Gasteiger partial charge is 0.277 e. The van der Waals surface area contributed by atoms with Crippen molar-refractivity contribution in [1.29, 1.82) is 0 Å². The van der Waals surface area contributed by atoms with E-state index in [0.717, 1.165) is 5.56 Å². The fraction of sp³-hybridized carbons (Fsp3) is 0.438. The van der Waals surface area contributed by atoms with Crippen LogP contribution in [-0.4, -0.2) is 38.8 Å². The summed E-state index contributed by atoms with van der Waals surface area (Å²) in [7, 11) is 0. The van der Waals surface area contributed by atoms with E-state index >= 15 is 0 Å². The maximum absolute atomic E-state index is 12.3. The molecular formula is C16H20ClN3O2S. The fourth-order valence-corrected chi connectivity index (χ4v) is 3.20. The molecule has 0 saturated carbocycles. The highest BCUT2D eigenvalue weighted by molar-refractivity contribution is 7.99. The van der Waals surface area contributed by atoms with Crippen molar-refractivity contribution in [3.63, 3.8) is 0 Å². The quantitative estimate of drug-likeness (QED) is 0.731. The van der Waals surface area contributed by atoms with Gasteiger partial charge in [-0.3, -0.25) is 4.79 Å². The zero-order valence-corrected chi connectivity index (χ0v) is 15.2. The van der Waals surface area contributed by atoms with E-state index in [2.05, 4.69) is 10.2 Å². The minimum absolute atomic E-state index is 0.0579. The van der Waals surface area contributed by atoms with Crippen molar-refractivity contribution >= 4 is 29.3 Å². The van der Waals surface area contributed by atoms with Crippen LogP contribution in [0.5, 0.6) is 0 Å². The summed E-state index contributed by atoms with van der Waals surface area (Å²) in [5.74, 6) is 0.725. The van der Waals surface area contributed by atoms with Gasteiger partial charge in [0.05, 0.1) is 5.75 Å². The summed E-state index contributed by atoms with van der Waals surface area (Å²) in [5.41, 5.74) is 0.758. The molecule has 0 saturated heterocycles. The fourth-order valence-electron chi connectivity index (χ4n) is 2.38. The zero-order valence-electron chi connectivity index (χ0n) is 13.6. The maximum atomic E-state index is 12.3. The molecule has 0 aliphatic heterocycles. The number of carbonyl (C=O) groups is 1. The predicted octanol–water partition coefficient (Wildman–Crippen LogP) is 4.13. The molecule has 0 N–H and O–H groups in total. The van der Waals surface area contributed by atoms with Gasteiger partial charge < -0.3 is 9.32 Å². The first-order chi connectivity index (χ1) is 10.9. The van der Waals surface area contributed by atoms with Crippen LogP contribution in [0, 0.1) is 0 Å². The summed E-state index contributed by atoms with van der Waals surface area (Å²) in [4.78, 5) is 14.2. The van der Waals surface area contributed by atoms with E-state index in [-0.39, 0.29) is 23.7 Å². The van der Waals surface area contributed by atoms with Gasteiger partial charge in [-0.1, -0.05) is 29.4 Å². The first-order valence-corrected chi connectivity index (χ1v) is 8.78. The lowest BCUT2D eigenvalue weighted by atomic mass is 10.2. The lowest BCUT2D eigenvalue weighted by molar-refractivity contribution is -0.131. The van der Waals surface area contributed by atoms with Gasteiger partial charge in [0, 0.05) is 22.7 Å². The van der Waals surface area contributed by atoms with Gasteiger partial charge in [-0.2, -0.15) is 0 Å². The molecule has 2 rings (SSSR count). The van der Waals surface area contributed by atoms with Crippen LogP contribution in [0.25, 0.3) is 11.5 Å². The number of hydrogen-bond acceptors (Lipinski definition) is 5. The molecule has 5 nitrogen and oxygen atoms in total. The van der Waals surface area contributed by atoms with Crippen molar-refractivity contribution in [2.24, 2.45) is 0 Å². The van der Waals surface area contributed by atoms with E-state index in [9.17, 15) is 4.79 Å². The first kappa shape index (κ1) is 17.8. The maximum Gasteiger partial charge on any atom is 0.277 e. The SMILES string of the molecule is CC(C)N(C(=O)CSc1nnc(-c2cccc(Cl)c2)o1)C(C)C. The second-order valence-electron chi connectivity index (χ2n) is 5.66. The number of aromatic nitrogens is 2. The Morgan fingerprint density at radius 3 is 2.57 bits per heavy atom. The zero-order chi connectivity index (χ0) is 17.0. The number of nitrogens with zero attached hydrogens (tertiary/aromatic N) is 3. The van der Waals surface area contributed by atoms with Crippen LogP contribution in [0.3, 0.4) is 0 Å². The summed E-state index contributed by atoms with van der Waals surface area (Å²) in [5, 5.41) is 8.96. The van der Waals surface area contributed by atoms with E-state index in [4.69, 9.17) is 16.0 Å². The Morgan fingerprint density at radius 2 is 1.96 bits per heavy atom. The molecule has 0 unspecified atom stereocenters. The van der Waals surface area contributed by atoms with E-state index < -0.39 is 0 Å². The topological polar surface area (TPSA) is 59.2 Å². The van der Waals surface area contributed by atoms with Crippen LogP contribution >= 0.6 is 23.4 Å². The Kier molecular flexibility index (Phi) is 6.07. The van der Waals surface area contributed by atoms with Gasteiger partial charge in [-0.15, -0.1) is 10.2 Å². The molecule has 7 heteroatoms. The highest BCUT2D eigenvalue weighted by atomic mass is 35.5. The summed E-state index contributed by atoms with van der Waals surface area (Å²) in [6.07, 6.45) is 0. The normalized spacial score (nSPS) is 11.3. The lowest BCUT2D eigenvalue weighted by Gasteiger charge is -2.30. The number of amides is 1. The number of rotatable bonds is 6. The molecule has 1 aromatic carbocycles. The van der Waals surface area contributed by atoms with Crippen LogP contribution in [0.4, 0.5) is 0 Å². The number of hydrogen-bond donors (Lipinski definition) is 0. The molecule has 23 heavy (non-hydrogen) atoms. The van der Waals surface area contributed by atoms with E-state index in [1.54, 1.807) is 12.1 Å². The first-order valence-electron chi connectivity index (χ1n) is 7.42. The van der Waals surface area contributed by atoms with Gasteiger partial charge in [0.25, 0.3) is 5.22 Å². The lowest BCUT2D eigenvalue weighted by Crippen LogP contribution is -2.43. The second-order valence-corrected chi connectivity index (χ2v) is 7.02. The number of halogens is 1. The third-order valence-corrected chi connectivity index (χ3v) is 4.24. The van der Waals surface area contributed by atoms with Crippen molar-refractivity contribution < 1.29 is 9.21 Å². The molecule has 0 radical (unpaired) electrons. The van der Waals surface area contributed by atoms with Gasteiger partial charge in [-0.25, -0.2) is 0 Å². The highest BCUT2D eigenvalue weighted by Crippen LogP contribution is 2.25. The average Bonchev–Trinajstić information content (AvgIpc) is 2.93. The van der Waals surface area contributed by atoms with Crippen molar-refractivity contribution in [2.45, 2.75) is 45.0 Å². The minimum Gasteiger partial charge on any atom is -0.411 e. The van der Waals surface area contributed by atoms with Gasteiger partial charge >= 0.3 is 0 Å². The van der Waals surface area contributed by atoms with Crippen LogP contribution in [-0.2, 0) is 4.79 Å². The standard InChI is InChI=1S/C16H20ClN3O2S/c1-10(2)20(11(3)4)14(21)9-23-16-19-18-15(22-16)12-6-5-7-13(17)8-12/h5-8,10-11H,9H2,1-4H3. The third-order valence-electron chi connectivity index (χ3n) is 3.20. The molecule has 1 aromatic heterocycles. The molecule has 0 aliphatic carbocycles. The molecule has 124 valence electrons. The van der Waals surface area contributed by atoms with E-state index in [0.29, 0.717) is 16.1 Å². The Bertz CT molecular complexity index is 665. The van der Waals surface area contributed by atoms with Crippen LogP contribution in [0.1, 0.15) is 27.7 Å². The molecule has 0 spiro atoms. The molecule has 0 fully saturated rings. The number of benzene rings is 1. The van der Waals surface area contributed by atoms with Crippen LogP contribution < -0.4 is 0 Å². The van der Waals surface area contributed by atoms with Crippen molar-refractivity contribution in [3.05, 3.63) is 29.3 Å². The van der Waals surface area contributed by atoms with Crippen molar-refractivity contribution in [2.75, 3.05) is 5.75 Å². The molecule has 0 aliphatic rings. The Hall–Kier alpha value is -1.53. The molecule has 0 bridgehead atoms. The summed E-state index contributed by atoms with van der Waals surface area (Å²) in [6, 6.07) is 7.52. The Labute approximate surface area is 145 Å². The van der Waals surface area contributed by atoms with Crippen molar-refractivity contribution in [1.82, 2.24) is 15.1 Å². The van der Waals surface area contributed by atoms with Crippen LogP contribution in [0.2, 0.25) is 5.02 Å². The summed E-state index contributed by atoms with van der Waals surface area (Å²) < 4.78 is 5.59. The largest absolute Gasteiger partial charge is 0.411 e. The molecular weight excluding hydrogens is 334 g/mol. The second kappa shape index (κ2) is 7.84. The van der Waals surface area contributed by atoms with Gasteiger partial charge in [0.2, 0.25) is 11.8 Å². The average molecular weight is 354 g/mol. The monoisotopic (exact) mass is 353 g/mol. The third kappa shape index (κ3) is 4.72. The highest BCUT2D eigenvalue weighted by Gasteiger charge is 2.21. The Morgan fingerprint density at radius 1 is 1.26 bits per heavy atom. The van der Waals surface area contributed by atoms with Gasteiger partial charge in [-0.05, 0) is 45.9 Å². The van der Waals surface area contributed by atoms with Gasteiger partial charge in [0.15, 0.2) is 0 Å².